The van der Waals surface area contributed by atoms with Crippen molar-refractivity contribution in [1.29, 1.82) is 0 Å². The molecule has 0 saturated heterocycles. The minimum absolute atomic E-state index is 0.120. The van der Waals surface area contributed by atoms with Gasteiger partial charge in [-0.05, 0) is 37.8 Å². The third kappa shape index (κ3) is 1.49. The molecule has 2 atom stereocenters. The number of aryl methyl sites for hydroxylation is 1. The molecular formula is C12H15FO. The summed E-state index contributed by atoms with van der Waals surface area (Å²) < 4.78 is 19.1. The molecule has 0 bridgehead atoms. The van der Waals surface area contributed by atoms with Crippen molar-refractivity contribution in [2.45, 2.75) is 39.2 Å². The van der Waals surface area contributed by atoms with Crippen molar-refractivity contribution in [2.24, 2.45) is 0 Å². The van der Waals surface area contributed by atoms with E-state index in [0.717, 1.165) is 17.5 Å². The Balaban J connectivity index is 2.53. The Bertz CT molecular complexity index is 360. The number of ether oxygens (including phenoxy) is 1. The summed E-state index contributed by atoms with van der Waals surface area (Å²) in [5.74, 6) is 0.628. The van der Waals surface area contributed by atoms with Gasteiger partial charge in [0, 0.05) is 5.56 Å². The molecule has 0 radical (unpaired) electrons. The minimum Gasteiger partial charge on any atom is -0.487 e. The van der Waals surface area contributed by atoms with E-state index in [1.54, 1.807) is 0 Å². The van der Waals surface area contributed by atoms with Crippen molar-refractivity contribution in [3.63, 3.8) is 0 Å². The molecular weight excluding hydrogens is 179 g/mol. The molecule has 0 N–H and O–H groups in total. The van der Waals surface area contributed by atoms with Gasteiger partial charge in [0.05, 0.1) is 6.10 Å². The molecule has 0 aromatic heterocycles. The molecule has 0 saturated carbocycles. The van der Waals surface area contributed by atoms with E-state index >= 15 is 0 Å². The van der Waals surface area contributed by atoms with Crippen LogP contribution in [-0.4, -0.2) is 6.10 Å². The van der Waals surface area contributed by atoms with Crippen LogP contribution >= 0.6 is 0 Å². The summed E-state index contributed by atoms with van der Waals surface area (Å²) >= 11 is 0. The fourth-order valence-electron chi connectivity index (χ4n) is 2.12. The van der Waals surface area contributed by atoms with Crippen LogP contribution in [0.2, 0.25) is 0 Å². The second-order valence-corrected chi connectivity index (χ2v) is 4.23. The van der Waals surface area contributed by atoms with E-state index in [1.807, 2.05) is 19.9 Å². The van der Waals surface area contributed by atoms with Gasteiger partial charge in [0.2, 0.25) is 0 Å². The maximum absolute atomic E-state index is 13.6. The van der Waals surface area contributed by atoms with Crippen molar-refractivity contribution in [1.82, 2.24) is 0 Å². The average Bonchev–Trinajstić information content (AvgIpc) is 2.07. The van der Waals surface area contributed by atoms with Gasteiger partial charge in [-0.2, -0.15) is 0 Å². The van der Waals surface area contributed by atoms with Gasteiger partial charge in [-0.15, -0.1) is 0 Å². The highest BCUT2D eigenvalue weighted by Crippen LogP contribution is 2.38. The first-order valence-corrected chi connectivity index (χ1v) is 5.04. The largest absolute Gasteiger partial charge is 0.487 e. The lowest BCUT2D eigenvalue weighted by molar-refractivity contribution is 0.170. The zero-order chi connectivity index (χ0) is 10.3. The number of rotatable bonds is 0. The van der Waals surface area contributed by atoms with Gasteiger partial charge in [-0.1, -0.05) is 13.0 Å². The normalized spacial score (nSPS) is 25.4. The molecule has 2 unspecified atom stereocenters. The minimum atomic E-state index is -0.224. The Labute approximate surface area is 83.9 Å². The first-order chi connectivity index (χ1) is 6.58. The van der Waals surface area contributed by atoms with Crippen LogP contribution in [0.15, 0.2) is 12.1 Å². The van der Waals surface area contributed by atoms with Gasteiger partial charge in [0.25, 0.3) is 0 Å². The van der Waals surface area contributed by atoms with Crippen LogP contribution in [0.5, 0.6) is 5.75 Å². The van der Waals surface area contributed by atoms with Crippen LogP contribution in [0.4, 0.5) is 4.39 Å². The summed E-state index contributed by atoms with van der Waals surface area (Å²) in [4.78, 5) is 0. The molecule has 1 aromatic rings. The lowest BCUT2D eigenvalue weighted by Crippen LogP contribution is -2.22. The summed E-state index contributed by atoms with van der Waals surface area (Å²) in [5, 5.41) is 0. The lowest BCUT2D eigenvalue weighted by Gasteiger charge is -2.28. The number of benzene rings is 1. The smallest absolute Gasteiger partial charge is 0.165 e. The Kier molecular flexibility index (Phi) is 2.22. The van der Waals surface area contributed by atoms with Crippen LogP contribution in [0.25, 0.3) is 0 Å². The fourth-order valence-corrected chi connectivity index (χ4v) is 2.12. The van der Waals surface area contributed by atoms with E-state index < -0.39 is 0 Å². The third-order valence-corrected chi connectivity index (χ3v) is 2.75. The number of hydrogen-bond donors (Lipinski definition) is 0. The SMILES string of the molecule is Cc1cc(F)c2c(c1)C(C)CC(C)O2. The summed E-state index contributed by atoms with van der Waals surface area (Å²) in [6, 6.07) is 3.55. The van der Waals surface area contributed by atoms with E-state index in [2.05, 4.69) is 6.92 Å². The average molecular weight is 194 g/mol. The molecule has 1 nitrogen and oxygen atoms in total. The van der Waals surface area contributed by atoms with Crippen LogP contribution in [0.3, 0.4) is 0 Å². The van der Waals surface area contributed by atoms with Crippen molar-refractivity contribution in [2.75, 3.05) is 0 Å². The molecule has 76 valence electrons. The molecule has 0 amide bonds. The predicted molar refractivity (Wildman–Crippen MR) is 54.3 cm³/mol. The van der Waals surface area contributed by atoms with E-state index in [0.29, 0.717) is 11.7 Å². The van der Waals surface area contributed by atoms with Gasteiger partial charge in [0.15, 0.2) is 11.6 Å². The van der Waals surface area contributed by atoms with Gasteiger partial charge < -0.3 is 4.74 Å². The molecule has 1 heterocycles. The monoisotopic (exact) mass is 194 g/mol. The topological polar surface area (TPSA) is 9.23 Å². The highest BCUT2D eigenvalue weighted by Gasteiger charge is 2.25. The molecule has 14 heavy (non-hydrogen) atoms. The fraction of sp³-hybridized carbons (Fsp3) is 0.500. The zero-order valence-electron chi connectivity index (χ0n) is 8.80. The van der Waals surface area contributed by atoms with E-state index in [-0.39, 0.29) is 11.9 Å². The van der Waals surface area contributed by atoms with E-state index in [9.17, 15) is 4.39 Å². The van der Waals surface area contributed by atoms with Crippen molar-refractivity contribution < 1.29 is 9.13 Å². The zero-order valence-corrected chi connectivity index (χ0v) is 8.80. The Morgan fingerprint density at radius 1 is 1.36 bits per heavy atom. The highest BCUT2D eigenvalue weighted by molar-refractivity contribution is 5.42. The summed E-state index contributed by atoms with van der Waals surface area (Å²) in [6.07, 6.45) is 1.09. The molecule has 1 aliphatic rings. The van der Waals surface area contributed by atoms with Gasteiger partial charge >= 0.3 is 0 Å². The quantitative estimate of drug-likeness (QED) is 0.615. The Hall–Kier alpha value is -1.05. The van der Waals surface area contributed by atoms with Crippen molar-refractivity contribution in [3.8, 4) is 5.75 Å². The second kappa shape index (κ2) is 3.26. The second-order valence-electron chi connectivity index (χ2n) is 4.23. The maximum Gasteiger partial charge on any atom is 0.165 e. The van der Waals surface area contributed by atoms with E-state index in [4.69, 9.17) is 4.74 Å². The molecule has 0 spiro atoms. The molecule has 2 rings (SSSR count). The van der Waals surface area contributed by atoms with Crippen LogP contribution in [-0.2, 0) is 0 Å². The Morgan fingerprint density at radius 2 is 2.07 bits per heavy atom. The summed E-state index contributed by atoms with van der Waals surface area (Å²) in [5.41, 5.74) is 1.98. The lowest BCUT2D eigenvalue weighted by atomic mass is 9.91. The first kappa shape index (κ1) is 9.50. The van der Waals surface area contributed by atoms with Gasteiger partial charge in [-0.25, -0.2) is 4.39 Å². The van der Waals surface area contributed by atoms with Crippen LogP contribution < -0.4 is 4.74 Å². The molecule has 2 heteroatoms. The van der Waals surface area contributed by atoms with Crippen molar-refractivity contribution >= 4 is 0 Å². The maximum atomic E-state index is 13.6. The Morgan fingerprint density at radius 3 is 2.79 bits per heavy atom. The van der Waals surface area contributed by atoms with Crippen molar-refractivity contribution in [3.05, 3.63) is 29.1 Å². The predicted octanol–water partition coefficient (Wildman–Crippen LogP) is 3.41. The summed E-state index contributed by atoms with van der Waals surface area (Å²) in [6.45, 7) is 6.02. The number of halogens is 1. The highest BCUT2D eigenvalue weighted by atomic mass is 19.1. The first-order valence-electron chi connectivity index (χ1n) is 5.04. The number of fused-ring (bicyclic) bond motifs is 1. The molecule has 1 aliphatic heterocycles. The van der Waals surface area contributed by atoms with Gasteiger partial charge in [-0.3, -0.25) is 0 Å². The molecule has 0 fully saturated rings. The molecule has 1 aromatic carbocycles. The van der Waals surface area contributed by atoms with Gasteiger partial charge in [0.1, 0.15) is 0 Å². The van der Waals surface area contributed by atoms with Crippen LogP contribution in [0.1, 0.15) is 37.3 Å². The molecule has 0 aliphatic carbocycles. The van der Waals surface area contributed by atoms with E-state index in [1.165, 1.54) is 6.07 Å². The van der Waals surface area contributed by atoms with Crippen LogP contribution in [0, 0.1) is 12.7 Å². The number of hydrogen-bond acceptors (Lipinski definition) is 1. The summed E-state index contributed by atoms with van der Waals surface area (Å²) in [7, 11) is 0. The third-order valence-electron chi connectivity index (χ3n) is 2.75. The standard InChI is InChI=1S/C12H15FO/c1-7-4-10-8(2)6-9(3)14-12(10)11(13)5-7/h4-5,8-9H,6H2,1-3H3.